The molecule has 0 aromatic heterocycles. The van der Waals surface area contributed by atoms with Crippen LogP contribution in [0.4, 0.5) is 10.1 Å². The number of hydrogen-bond acceptors (Lipinski definition) is 1. The first-order valence-corrected chi connectivity index (χ1v) is 4.36. The van der Waals surface area contributed by atoms with Crippen molar-refractivity contribution >= 4 is 28.3 Å². The maximum Gasteiger partial charge on any atom is 0.125 e. The first kappa shape index (κ1) is 7.78. The number of nitrogen functional groups attached to an aromatic ring is 1. The number of hydrogen-bond donors (Lipinski definition) is 1. The van der Waals surface area contributed by atoms with E-state index in [0.29, 0.717) is 5.69 Å². The number of nitrogens with two attached hydrogens (primary N) is 1. The molecule has 0 atom stereocenters. The summed E-state index contributed by atoms with van der Waals surface area (Å²) in [5, 5.41) is 0. The molecule has 54 valence electrons. The summed E-state index contributed by atoms with van der Waals surface area (Å²) < 4.78 is 13.2. The molecule has 0 aliphatic heterocycles. The van der Waals surface area contributed by atoms with E-state index >= 15 is 0 Å². The third-order valence-electron chi connectivity index (χ3n) is 1.25. The maximum atomic E-state index is 12.4. The van der Waals surface area contributed by atoms with Crippen LogP contribution < -0.4 is 5.73 Å². The molecule has 3 heteroatoms. The normalized spacial score (nSPS) is 9.80. The average Bonchev–Trinajstić information content (AvgIpc) is 1.88. The van der Waals surface area contributed by atoms with Crippen molar-refractivity contribution in [2.24, 2.45) is 0 Å². The van der Waals surface area contributed by atoms with E-state index in [1.165, 1.54) is 12.1 Å². The predicted molar refractivity (Wildman–Crippen MR) is 48.5 cm³/mol. The standard InChI is InChI=1S/C7H7FIN/c8-6-2-1-5(4-9)7(10)3-6/h1-3H,4,10H2. The smallest absolute Gasteiger partial charge is 0.125 e. The lowest BCUT2D eigenvalue weighted by Gasteiger charge is -1.99. The Bertz CT molecular complexity index is 237. The molecule has 1 aromatic rings. The molecule has 1 aromatic carbocycles. The summed E-state index contributed by atoms with van der Waals surface area (Å²) in [7, 11) is 0. The molecule has 0 bridgehead atoms. The van der Waals surface area contributed by atoms with E-state index in [9.17, 15) is 4.39 Å². The van der Waals surface area contributed by atoms with Crippen molar-refractivity contribution in [3.63, 3.8) is 0 Å². The van der Waals surface area contributed by atoms with Gasteiger partial charge in [0.15, 0.2) is 0 Å². The lowest BCUT2D eigenvalue weighted by molar-refractivity contribution is 0.628. The molecule has 0 spiro atoms. The second-order valence-electron chi connectivity index (χ2n) is 1.98. The minimum Gasteiger partial charge on any atom is -0.398 e. The molecule has 10 heavy (non-hydrogen) atoms. The van der Waals surface area contributed by atoms with Gasteiger partial charge in [-0.1, -0.05) is 28.7 Å². The number of alkyl halides is 1. The molecule has 0 fully saturated rings. The minimum atomic E-state index is -0.272. The molecule has 2 N–H and O–H groups in total. The Kier molecular flexibility index (Phi) is 2.48. The van der Waals surface area contributed by atoms with E-state index in [1.54, 1.807) is 6.07 Å². The van der Waals surface area contributed by atoms with Gasteiger partial charge in [-0.2, -0.15) is 0 Å². The van der Waals surface area contributed by atoms with Crippen molar-refractivity contribution in [3.8, 4) is 0 Å². The summed E-state index contributed by atoms with van der Waals surface area (Å²) in [6.45, 7) is 0. The maximum absolute atomic E-state index is 12.4. The zero-order valence-electron chi connectivity index (χ0n) is 5.27. The number of anilines is 1. The van der Waals surface area contributed by atoms with Crippen LogP contribution in [0.2, 0.25) is 0 Å². The summed E-state index contributed by atoms with van der Waals surface area (Å²) in [5.74, 6) is -0.272. The van der Waals surface area contributed by atoms with Crippen LogP contribution in [0, 0.1) is 5.82 Å². The fraction of sp³-hybridized carbons (Fsp3) is 0.143. The van der Waals surface area contributed by atoms with Crippen molar-refractivity contribution in [1.82, 2.24) is 0 Å². The van der Waals surface area contributed by atoms with Gasteiger partial charge in [0.05, 0.1) is 0 Å². The van der Waals surface area contributed by atoms with E-state index in [-0.39, 0.29) is 5.82 Å². The van der Waals surface area contributed by atoms with Crippen molar-refractivity contribution in [3.05, 3.63) is 29.6 Å². The van der Waals surface area contributed by atoms with Gasteiger partial charge in [-0.3, -0.25) is 0 Å². The van der Waals surface area contributed by atoms with Crippen molar-refractivity contribution in [1.29, 1.82) is 0 Å². The van der Waals surface area contributed by atoms with Gasteiger partial charge in [0.1, 0.15) is 5.82 Å². The molecule has 1 rings (SSSR count). The summed E-state index contributed by atoms with van der Waals surface area (Å²) in [6.07, 6.45) is 0. The first-order valence-electron chi connectivity index (χ1n) is 2.84. The molecular formula is C7H7FIN. The molecule has 0 radical (unpaired) electrons. The Balaban J connectivity index is 3.07. The third-order valence-corrected chi connectivity index (χ3v) is 2.07. The second-order valence-corrected chi connectivity index (χ2v) is 2.74. The lowest BCUT2D eigenvalue weighted by atomic mass is 10.2. The van der Waals surface area contributed by atoms with Crippen LogP contribution in [-0.2, 0) is 4.43 Å². The van der Waals surface area contributed by atoms with Crippen LogP contribution >= 0.6 is 22.6 Å². The van der Waals surface area contributed by atoms with Crippen LogP contribution in [0.15, 0.2) is 18.2 Å². The molecular weight excluding hydrogens is 244 g/mol. The Morgan fingerprint density at radius 2 is 2.20 bits per heavy atom. The van der Waals surface area contributed by atoms with Gasteiger partial charge in [-0.25, -0.2) is 4.39 Å². The molecule has 0 saturated heterocycles. The summed E-state index contributed by atoms with van der Waals surface area (Å²) >= 11 is 2.19. The van der Waals surface area contributed by atoms with Gasteiger partial charge in [0.25, 0.3) is 0 Å². The number of rotatable bonds is 1. The fourth-order valence-electron chi connectivity index (χ4n) is 0.687. The topological polar surface area (TPSA) is 26.0 Å². The molecule has 0 amide bonds. The Morgan fingerprint density at radius 3 is 2.70 bits per heavy atom. The molecule has 1 nitrogen and oxygen atoms in total. The van der Waals surface area contributed by atoms with E-state index in [0.717, 1.165) is 9.99 Å². The highest BCUT2D eigenvalue weighted by Gasteiger charge is 1.96. The van der Waals surface area contributed by atoms with E-state index in [4.69, 9.17) is 5.73 Å². The van der Waals surface area contributed by atoms with Gasteiger partial charge in [0.2, 0.25) is 0 Å². The van der Waals surface area contributed by atoms with Crippen LogP contribution in [-0.4, -0.2) is 0 Å². The number of halogens is 2. The minimum absolute atomic E-state index is 0.272. The molecule has 0 heterocycles. The quantitative estimate of drug-likeness (QED) is 0.462. The monoisotopic (exact) mass is 251 g/mol. The summed E-state index contributed by atoms with van der Waals surface area (Å²) in [4.78, 5) is 0. The van der Waals surface area contributed by atoms with Gasteiger partial charge in [-0.05, 0) is 17.7 Å². The molecule has 0 aliphatic rings. The second kappa shape index (κ2) is 3.18. The molecule has 0 unspecified atom stereocenters. The fourth-order valence-corrected chi connectivity index (χ4v) is 1.38. The average molecular weight is 251 g/mol. The summed E-state index contributed by atoms with van der Waals surface area (Å²) in [5.41, 5.74) is 7.01. The Hall–Kier alpha value is -0.320. The molecule has 0 saturated carbocycles. The highest BCUT2D eigenvalue weighted by molar-refractivity contribution is 14.1. The van der Waals surface area contributed by atoms with Gasteiger partial charge in [0, 0.05) is 10.1 Å². The largest absolute Gasteiger partial charge is 0.398 e. The van der Waals surface area contributed by atoms with Crippen LogP contribution in [0.3, 0.4) is 0 Å². The highest BCUT2D eigenvalue weighted by Crippen LogP contribution is 2.15. The zero-order chi connectivity index (χ0) is 7.56. The Morgan fingerprint density at radius 1 is 1.50 bits per heavy atom. The van der Waals surface area contributed by atoms with Crippen molar-refractivity contribution < 1.29 is 4.39 Å². The number of benzene rings is 1. The van der Waals surface area contributed by atoms with Gasteiger partial charge >= 0.3 is 0 Å². The highest BCUT2D eigenvalue weighted by atomic mass is 127. The van der Waals surface area contributed by atoms with Gasteiger partial charge < -0.3 is 5.73 Å². The van der Waals surface area contributed by atoms with Crippen molar-refractivity contribution in [2.75, 3.05) is 5.73 Å². The molecule has 0 aliphatic carbocycles. The van der Waals surface area contributed by atoms with Gasteiger partial charge in [-0.15, -0.1) is 0 Å². The van der Waals surface area contributed by atoms with Crippen LogP contribution in [0.5, 0.6) is 0 Å². The Labute approximate surface area is 72.6 Å². The van der Waals surface area contributed by atoms with Crippen LogP contribution in [0.1, 0.15) is 5.56 Å². The van der Waals surface area contributed by atoms with E-state index in [1.807, 2.05) is 0 Å². The SMILES string of the molecule is Nc1cc(F)ccc1CI. The third kappa shape index (κ3) is 1.59. The van der Waals surface area contributed by atoms with Crippen molar-refractivity contribution in [2.45, 2.75) is 4.43 Å². The lowest BCUT2D eigenvalue weighted by Crippen LogP contribution is -1.91. The predicted octanol–water partition coefficient (Wildman–Crippen LogP) is 2.34. The first-order chi connectivity index (χ1) is 4.74. The van der Waals surface area contributed by atoms with Crippen LogP contribution in [0.25, 0.3) is 0 Å². The van der Waals surface area contributed by atoms with E-state index < -0.39 is 0 Å². The summed E-state index contributed by atoms with van der Waals surface area (Å²) in [6, 6.07) is 4.47. The zero-order valence-corrected chi connectivity index (χ0v) is 7.43. The van der Waals surface area contributed by atoms with E-state index in [2.05, 4.69) is 22.6 Å².